The molecule has 0 spiro atoms. The van der Waals surface area contributed by atoms with E-state index in [0.717, 1.165) is 24.2 Å². The molecule has 0 unspecified atom stereocenters. The van der Waals surface area contributed by atoms with Gasteiger partial charge in [-0.05, 0) is 36.1 Å². The van der Waals surface area contributed by atoms with Crippen LogP contribution >= 0.6 is 24.0 Å². The molecule has 0 aliphatic rings. The SMILES string of the molecule is COc1ccc(CC/C(=C/Cl)CN)cc1.Cl. The van der Waals surface area contributed by atoms with Gasteiger partial charge in [-0.1, -0.05) is 23.7 Å². The van der Waals surface area contributed by atoms with E-state index >= 15 is 0 Å². The highest BCUT2D eigenvalue weighted by atomic mass is 35.5. The Bertz CT molecular complexity index is 322. The normalized spacial score (nSPS) is 10.8. The lowest BCUT2D eigenvalue weighted by atomic mass is 10.1. The third kappa shape index (κ3) is 4.88. The number of aryl methyl sites for hydroxylation is 1. The van der Waals surface area contributed by atoms with Gasteiger partial charge in [-0.2, -0.15) is 0 Å². The molecular weight excluding hydrogens is 245 g/mol. The first-order chi connectivity index (χ1) is 7.30. The average molecular weight is 262 g/mol. The molecule has 90 valence electrons. The molecule has 0 radical (unpaired) electrons. The van der Waals surface area contributed by atoms with Crippen molar-refractivity contribution in [2.24, 2.45) is 5.73 Å². The highest BCUT2D eigenvalue weighted by Crippen LogP contribution is 2.14. The first kappa shape index (κ1) is 15.3. The maximum atomic E-state index is 5.62. The van der Waals surface area contributed by atoms with Crippen molar-refractivity contribution in [1.29, 1.82) is 0 Å². The molecule has 1 aromatic rings. The molecule has 0 saturated carbocycles. The molecule has 0 bridgehead atoms. The van der Waals surface area contributed by atoms with Gasteiger partial charge in [-0.15, -0.1) is 12.4 Å². The minimum Gasteiger partial charge on any atom is -0.497 e. The van der Waals surface area contributed by atoms with Gasteiger partial charge >= 0.3 is 0 Å². The summed E-state index contributed by atoms with van der Waals surface area (Å²) in [5.41, 5.74) is 9.43. The Labute approximate surface area is 108 Å². The lowest BCUT2D eigenvalue weighted by Crippen LogP contribution is -2.03. The Kier molecular flexibility index (Phi) is 8.08. The van der Waals surface area contributed by atoms with Gasteiger partial charge in [0.1, 0.15) is 5.75 Å². The summed E-state index contributed by atoms with van der Waals surface area (Å²) in [4.78, 5) is 0. The highest BCUT2D eigenvalue weighted by molar-refractivity contribution is 6.25. The Morgan fingerprint density at radius 3 is 2.44 bits per heavy atom. The van der Waals surface area contributed by atoms with Crippen LogP contribution in [-0.2, 0) is 6.42 Å². The molecule has 1 rings (SSSR count). The fourth-order valence-corrected chi connectivity index (χ4v) is 1.50. The van der Waals surface area contributed by atoms with Crippen molar-refractivity contribution in [3.63, 3.8) is 0 Å². The maximum absolute atomic E-state index is 5.62. The first-order valence-corrected chi connectivity index (χ1v) is 5.35. The van der Waals surface area contributed by atoms with E-state index in [-0.39, 0.29) is 12.4 Å². The molecule has 2 N–H and O–H groups in total. The Hall–Kier alpha value is -0.700. The summed E-state index contributed by atoms with van der Waals surface area (Å²) in [5.74, 6) is 0.880. The summed E-state index contributed by atoms with van der Waals surface area (Å²) in [6.07, 6.45) is 1.87. The van der Waals surface area contributed by atoms with Crippen LogP contribution in [-0.4, -0.2) is 13.7 Å². The quantitative estimate of drug-likeness (QED) is 0.884. The third-order valence-corrected chi connectivity index (χ3v) is 2.62. The van der Waals surface area contributed by atoms with Crippen LogP contribution < -0.4 is 10.5 Å². The summed E-state index contributed by atoms with van der Waals surface area (Å²) in [5, 5.41) is 0. The van der Waals surface area contributed by atoms with Gasteiger partial charge in [-0.25, -0.2) is 0 Å². The van der Waals surface area contributed by atoms with E-state index < -0.39 is 0 Å². The van der Waals surface area contributed by atoms with Crippen molar-refractivity contribution in [2.45, 2.75) is 12.8 Å². The molecule has 0 heterocycles. The second-order valence-electron chi connectivity index (χ2n) is 3.32. The summed E-state index contributed by atoms with van der Waals surface area (Å²) >= 11 is 5.62. The molecule has 0 amide bonds. The Balaban J connectivity index is 0.00000225. The summed E-state index contributed by atoms with van der Waals surface area (Å²) in [7, 11) is 1.66. The summed E-state index contributed by atoms with van der Waals surface area (Å²) in [6, 6.07) is 8.03. The molecule has 0 aliphatic heterocycles. The number of hydrogen-bond acceptors (Lipinski definition) is 2. The molecule has 4 heteroatoms. The number of halogens is 2. The van der Waals surface area contributed by atoms with Crippen LogP contribution in [0.5, 0.6) is 5.75 Å². The van der Waals surface area contributed by atoms with E-state index in [2.05, 4.69) is 12.1 Å². The van der Waals surface area contributed by atoms with Crippen molar-refractivity contribution in [1.82, 2.24) is 0 Å². The lowest BCUT2D eigenvalue weighted by Gasteiger charge is -2.04. The number of nitrogens with two attached hydrogens (primary N) is 1. The highest BCUT2D eigenvalue weighted by Gasteiger charge is 1.97. The molecule has 16 heavy (non-hydrogen) atoms. The fraction of sp³-hybridized carbons (Fsp3) is 0.333. The van der Waals surface area contributed by atoms with Crippen molar-refractivity contribution in [3.05, 3.63) is 40.9 Å². The van der Waals surface area contributed by atoms with E-state index in [1.54, 1.807) is 12.6 Å². The zero-order valence-electron chi connectivity index (χ0n) is 9.28. The smallest absolute Gasteiger partial charge is 0.118 e. The van der Waals surface area contributed by atoms with Gasteiger partial charge in [0.25, 0.3) is 0 Å². The van der Waals surface area contributed by atoms with E-state index in [9.17, 15) is 0 Å². The molecule has 1 aromatic carbocycles. The first-order valence-electron chi connectivity index (χ1n) is 4.91. The van der Waals surface area contributed by atoms with Crippen LogP contribution in [0.2, 0.25) is 0 Å². The van der Waals surface area contributed by atoms with Crippen molar-refractivity contribution in [2.75, 3.05) is 13.7 Å². The number of methoxy groups -OCH3 is 1. The van der Waals surface area contributed by atoms with Gasteiger partial charge in [0.15, 0.2) is 0 Å². The van der Waals surface area contributed by atoms with Gasteiger partial charge in [0.2, 0.25) is 0 Å². The molecule has 0 fully saturated rings. The monoisotopic (exact) mass is 261 g/mol. The molecule has 2 nitrogen and oxygen atoms in total. The number of benzene rings is 1. The predicted octanol–water partition coefficient (Wildman–Crippen LogP) is 3.13. The second kappa shape index (κ2) is 8.45. The van der Waals surface area contributed by atoms with E-state index in [4.69, 9.17) is 22.1 Å². The van der Waals surface area contributed by atoms with Gasteiger partial charge in [0.05, 0.1) is 7.11 Å². The number of ether oxygens (including phenoxy) is 1. The lowest BCUT2D eigenvalue weighted by molar-refractivity contribution is 0.414. The minimum absolute atomic E-state index is 0. The van der Waals surface area contributed by atoms with Gasteiger partial charge in [-0.3, -0.25) is 0 Å². The van der Waals surface area contributed by atoms with E-state index in [1.807, 2.05) is 12.1 Å². The molecule has 0 atom stereocenters. The fourth-order valence-electron chi connectivity index (χ4n) is 1.30. The standard InChI is InChI=1S/C12H16ClNO.ClH/c1-15-12-6-4-10(5-7-12)2-3-11(8-13)9-14;/h4-8H,2-3,9,14H2,1H3;1H/b11-8-;. The van der Waals surface area contributed by atoms with Gasteiger partial charge < -0.3 is 10.5 Å². The average Bonchev–Trinajstić information content (AvgIpc) is 2.31. The Morgan fingerprint density at radius 2 is 2.00 bits per heavy atom. The van der Waals surface area contributed by atoms with Crippen LogP contribution in [0.1, 0.15) is 12.0 Å². The third-order valence-electron chi connectivity index (χ3n) is 2.31. The van der Waals surface area contributed by atoms with Crippen LogP contribution in [0.25, 0.3) is 0 Å². The van der Waals surface area contributed by atoms with Crippen LogP contribution in [0.3, 0.4) is 0 Å². The largest absolute Gasteiger partial charge is 0.497 e. The number of hydrogen-bond donors (Lipinski definition) is 1. The van der Waals surface area contributed by atoms with E-state index in [1.165, 1.54) is 5.56 Å². The maximum Gasteiger partial charge on any atom is 0.118 e. The summed E-state index contributed by atoms with van der Waals surface area (Å²) in [6.45, 7) is 0.527. The zero-order chi connectivity index (χ0) is 11.1. The van der Waals surface area contributed by atoms with Crippen LogP contribution in [0, 0.1) is 0 Å². The zero-order valence-corrected chi connectivity index (χ0v) is 10.9. The van der Waals surface area contributed by atoms with Crippen LogP contribution in [0.4, 0.5) is 0 Å². The predicted molar refractivity (Wildman–Crippen MR) is 71.6 cm³/mol. The molecule has 0 saturated heterocycles. The summed E-state index contributed by atoms with van der Waals surface area (Å²) < 4.78 is 5.08. The van der Waals surface area contributed by atoms with Crippen molar-refractivity contribution in [3.8, 4) is 5.75 Å². The van der Waals surface area contributed by atoms with Crippen molar-refractivity contribution < 1.29 is 4.74 Å². The second-order valence-corrected chi connectivity index (χ2v) is 3.54. The van der Waals surface area contributed by atoms with Crippen LogP contribution in [0.15, 0.2) is 35.4 Å². The topological polar surface area (TPSA) is 35.2 Å². The van der Waals surface area contributed by atoms with Crippen molar-refractivity contribution >= 4 is 24.0 Å². The minimum atomic E-state index is 0. The van der Waals surface area contributed by atoms with Gasteiger partial charge in [0, 0.05) is 12.1 Å². The molecule has 0 aromatic heterocycles. The number of rotatable bonds is 5. The molecular formula is C12H17Cl2NO. The molecule has 0 aliphatic carbocycles. The Morgan fingerprint density at radius 1 is 1.38 bits per heavy atom. The van der Waals surface area contributed by atoms with E-state index in [0.29, 0.717) is 6.54 Å².